The largest absolute Gasteiger partial charge is 0.507 e. The molecule has 4 aromatic rings. The Balaban J connectivity index is 1.52. The van der Waals surface area contributed by atoms with Crippen molar-refractivity contribution in [3.05, 3.63) is 65.0 Å². The molecule has 0 bridgehead atoms. The summed E-state index contributed by atoms with van der Waals surface area (Å²) in [5.41, 5.74) is 2.57. The molecule has 0 aliphatic carbocycles. The van der Waals surface area contributed by atoms with Gasteiger partial charge in [-0.3, -0.25) is 10.1 Å². The fourth-order valence-electron chi connectivity index (χ4n) is 2.50. The van der Waals surface area contributed by atoms with Crippen LogP contribution in [0.25, 0.3) is 22.6 Å². The minimum Gasteiger partial charge on any atom is -0.507 e. The second-order valence-electron chi connectivity index (χ2n) is 5.75. The number of rotatable bonds is 3. The first-order valence-corrected chi connectivity index (χ1v) is 9.25. The van der Waals surface area contributed by atoms with Crippen molar-refractivity contribution >= 4 is 56.0 Å². The minimum absolute atomic E-state index is 0.131. The molecule has 0 spiro atoms. The van der Waals surface area contributed by atoms with E-state index in [1.165, 1.54) is 6.26 Å². The fourth-order valence-corrected chi connectivity index (χ4v) is 3.09. The van der Waals surface area contributed by atoms with Gasteiger partial charge in [0.1, 0.15) is 11.3 Å². The lowest BCUT2D eigenvalue weighted by atomic mass is 10.2. The molecule has 2 heterocycles. The molecule has 2 aromatic heterocycles. The molecule has 0 aliphatic rings. The summed E-state index contributed by atoms with van der Waals surface area (Å²) in [7, 11) is 0. The molecule has 0 radical (unpaired) electrons. The van der Waals surface area contributed by atoms with E-state index in [0.717, 1.165) is 5.56 Å². The number of aromatic nitrogens is 1. The van der Waals surface area contributed by atoms with Gasteiger partial charge in [0.25, 0.3) is 5.91 Å². The van der Waals surface area contributed by atoms with Crippen molar-refractivity contribution in [3.8, 4) is 17.2 Å². The molecular formula is C19H12BrN3O4S. The number of anilines is 1. The van der Waals surface area contributed by atoms with E-state index in [4.69, 9.17) is 21.1 Å². The Morgan fingerprint density at radius 3 is 2.79 bits per heavy atom. The summed E-state index contributed by atoms with van der Waals surface area (Å²) in [5.74, 6) is 0.281. The van der Waals surface area contributed by atoms with Gasteiger partial charge in [-0.1, -0.05) is 0 Å². The van der Waals surface area contributed by atoms with Crippen LogP contribution in [0, 0.1) is 0 Å². The molecule has 3 N–H and O–H groups in total. The molecule has 7 nitrogen and oxygen atoms in total. The lowest BCUT2D eigenvalue weighted by molar-refractivity contribution is 0.0950. The van der Waals surface area contributed by atoms with Gasteiger partial charge in [-0.25, -0.2) is 4.98 Å². The Bertz CT molecular complexity index is 1190. The van der Waals surface area contributed by atoms with Crippen LogP contribution in [0.3, 0.4) is 0 Å². The molecule has 0 saturated heterocycles. The summed E-state index contributed by atoms with van der Waals surface area (Å²) in [6, 6.07) is 13.4. The van der Waals surface area contributed by atoms with Crippen molar-refractivity contribution in [1.82, 2.24) is 10.3 Å². The molecule has 0 aliphatic heterocycles. The second kappa shape index (κ2) is 7.45. The summed E-state index contributed by atoms with van der Waals surface area (Å²) >= 11 is 8.43. The van der Waals surface area contributed by atoms with Gasteiger partial charge in [-0.15, -0.1) is 0 Å². The molecule has 9 heteroatoms. The number of halogens is 1. The topological polar surface area (TPSA) is 101 Å². The number of benzene rings is 2. The van der Waals surface area contributed by atoms with Gasteiger partial charge in [0, 0.05) is 11.3 Å². The number of furan rings is 1. The monoisotopic (exact) mass is 457 g/mol. The number of hydrogen-bond acceptors (Lipinski definition) is 6. The van der Waals surface area contributed by atoms with E-state index in [9.17, 15) is 9.90 Å². The Morgan fingerprint density at radius 1 is 1.18 bits per heavy atom. The molecule has 0 fully saturated rings. The molecule has 0 atom stereocenters. The number of carbonyl (C=O) groups is 1. The van der Waals surface area contributed by atoms with E-state index in [1.54, 1.807) is 48.5 Å². The van der Waals surface area contributed by atoms with Crippen molar-refractivity contribution in [1.29, 1.82) is 0 Å². The van der Waals surface area contributed by atoms with Crippen LogP contribution in [0.4, 0.5) is 5.69 Å². The Labute approximate surface area is 172 Å². The Morgan fingerprint density at radius 2 is 2.04 bits per heavy atom. The third kappa shape index (κ3) is 3.75. The molecule has 0 saturated carbocycles. The van der Waals surface area contributed by atoms with E-state index in [-0.39, 0.29) is 16.6 Å². The maximum atomic E-state index is 11.9. The maximum absolute atomic E-state index is 11.9. The van der Waals surface area contributed by atoms with Crippen LogP contribution in [0.5, 0.6) is 5.75 Å². The predicted molar refractivity (Wildman–Crippen MR) is 111 cm³/mol. The molecular weight excluding hydrogens is 446 g/mol. The van der Waals surface area contributed by atoms with Gasteiger partial charge in [-0.05, 0) is 76.7 Å². The third-order valence-corrected chi connectivity index (χ3v) is 4.65. The maximum Gasteiger partial charge on any atom is 0.293 e. The second-order valence-corrected chi connectivity index (χ2v) is 7.02. The first-order valence-electron chi connectivity index (χ1n) is 8.05. The number of carbonyl (C=O) groups excluding carboxylic acids is 1. The van der Waals surface area contributed by atoms with E-state index in [1.807, 2.05) is 0 Å². The van der Waals surface area contributed by atoms with Gasteiger partial charge in [0.15, 0.2) is 16.5 Å². The summed E-state index contributed by atoms with van der Waals surface area (Å²) in [4.78, 5) is 16.4. The summed E-state index contributed by atoms with van der Waals surface area (Å²) in [5, 5.41) is 15.2. The Kier molecular flexibility index (Phi) is 4.84. The summed E-state index contributed by atoms with van der Waals surface area (Å²) in [6.45, 7) is 0. The van der Waals surface area contributed by atoms with Crippen LogP contribution >= 0.6 is 28.1 Å². The van der Waals surface area contributed by atoms with Gasteiger partial charge < -0.3 is 19.3 Å². The van der Waals surface area contributed by atoms with Crippen molar-refractivity contribution in [2.45, 2.75) is 0 Å². The number of aromatic hydroxyl groups is 1. The van der Waals surface area contributed by atoms with Crippen LogP contribution in [0.2, 0.25) is 0 Å². The van der Waals surface area contributed by atoms with Crippen molar-refractivity contribution in [2.24, 2.45) is 0 Å². The van der Waals surface area contributed by atoms with E-state index in [2.05, 4.69) is 31.5 Å². The van der Waals surface area contributed by atoms with E-state index < -0.39 is 5.91 Å². The minimum atomic E-state index is -0.440. The number of amides is 1. The summed E-state index contributed by atoms with van der Waals surface area (Å²) in [6.07, 6.45) is 1.41. The smallest absolute Gasteiger partial charge is 0.293 e. The number of phenolic OH excluding ortho intramolecular Hbond substituents is 1. The highest BCUT2D eigenvalue weighted by molar-refractivity contribution is 9.10. The first kappa shape index (κ1) is 18.2. The summed E-state index contributed by atoms with van der Waals surface area (Å²) < 4.78 is 11.3. The van der Waals surface area contributed by atoms with Gasteiger partial charge in [0.2, 0.25) is 5.89 Å². The fraction of sp³-hybridized carbons (Fsp3) is 0. The van der Waals surface area contributed by atoms with Gasteiger partial charge in [-0.2, -0.15) is 0 Å². The number of fused-ring (bicyclic) bond motifs is 1. The number of hydrogen-bond donors (Lipinski definition) is 3. The lowest BCUT2D eigenvalue weighted by Crippen LogP contribution is -2.33. The standard InChI is InChI=1S/C19H12BrN3O4S/c20-12-8-10(3-5-14(12)24)18-22-13-9-11(4-6-15(13)27-18)21-19(28)23-17(25)16-2-1-7-26-16/h1-9,24H,(H2,21,23,25,28). The number of thiocarbonyl (C=S) groups is 1. The average molecular weight is 458 g/mol. The highest BCUT2D eigenvalue weighted by Crippen LogP contribution is 2.31. The van der Waals surface area contributed by atoms with Crippen LogP contribution in [-0.4, -0.2) is 21.1 Å². The molecule has 0 unspecified atom stereocenters. The average Bonchev–Trinajstić information content (AvgIpc) is 3.33. The van der Waals surface area contributed by atoms with Gasteiger partial charge in [0.05, 0.1) is 10.7 Å². The normalized spacial score (nSPS) is 10.8. The van der Waals surface area contributed by atoms with Crippen LogP contribution in [0.15, 0.2) is 68.1 Å². The molecule has 2 aromatic carbocycles. The quantitative estimate of drug-likeness (QED) is 0.383. The number of nitrogens with zero attached hydrogens (tertiary/aromatic N) is 1. The first-order chi connectivity index (χ1) is 13.5. The lowest BCUT2D eigenvalue weighted by Gasteiger charge is -2.08. The zero-order chi connectivity index (χ0) is 19.7. The Hall–Kier alpha value is -3.17. The molecule has 1 amide bonds. The van der Waals surface area contributed by atoms with E-state index in [0.29, 0.717) is 27.2 Å². The molecule has 28 heavy (non-hydrogen) atoms. The SMILES string of the molecule is O=C(NC(=S)Nc1ccc2oc(-c3ccc(O)c(Br)c3)nc2c1)c1ccco1. The zero-order valence-electron chi connectivity index (χ0n) is 14.1. The zero-order valence-corrected chi connectivity index (χ0v) is 16.5. The van der Waals surface area contributed by atoms with E-state index >= 15 is 0 Å². The molecule has 140 valence electrons. The number of phenols is 1. The number of oxazole rings is 1. The van der Waals surface area contributed by atoms with Crippen molar-refractivity contribution < 1.29 is 18.7 Å². The highest BCUT2D eigenvalue weighted by Gasteiger charge is 2.13. The predicted octanol–water partition coefficient (Wildman–Crippen LogP) is 4.68. The third-order valence-electron chi connectivity index (χ3n) is 3.81. The highest BCUT2D eigenvalue weighted by atomic mass is 79.9. The van der Waals surface area contributed by atoms with Crippen molar-refractivity contribution in [3.63, 3.8) is 0 Å². The van der Waals surface area contributed by atoms with Gasteiger partial charge >= 0.3 is 0 Å². The molecule has 4 rings (SSSR count). The van der Waals surface area contributed by atoms with Crippen LogP contribution < -0.4 is 10.6 Å². The van der Waals surface area contributed by atoms with Crippen molar-refractivity contribution in [2.75, 3.05) is 5.32 Å². The number of nitrogens with one attached hydrogen (secondary N) is 2. The van der Waals surface area contributed by atoms with Crippen LogP contribution in [0.1, 0.15) is 10.6 Å². The van der Waals surface area contributed by atoms with Crippen LogP contribution in [-0.2, 0) is 0 Å².